The minimum absolute atomic E-state index is 0.0742. The predicted molar refractivity (Wildman–Crippen MR) is 132 cm³/mol. The number of nitrogens with one attached hydrogen (secondary N) is 1. The van der Waals surface area contributed by atoms with Gasteiger partial charge in [0.05, 0.1) is 22.2 Å². The molecule has 0 saturated carbocycles. The van der Waals surface area contributed by atoms with Crippen molar-refractivity contribution in [1.82, 2.24) is 9.97 Å². The van der Waals surface area contributed by atoms with Crippen molar-refractivity contribution in [2.45, 2.75) is 11.8 Å². The normalized spacial score (nSPS) is 11.0. The Morgan fingerprint density at radius 1 is 0.971 bits per heavy atom. The summed E-state index contributed by atoms with van der Waals surface area (Å²) in [4.78, 5) is 8.87. The van der Waals surface area contributed by atoms with Crippen LogP contribution in [-0.4, -0.2) is 31.6 Å². The van der Waals surface area contributed by atoms with Crippen molar-refractivity contribution in [3.63, 3.8) is 0 Å². The molecule has 35 heavy (non-hydrogen) atoms. The lowest BCUT2D eigenvalue weighted by Gasteiger charge is -2.10. The maximum Gasteiger partial charge on any atom is 0.297 e. The van der Waals surface area contributed by atoms with Gasteiger partial charge in [-0.25, -0.2) is 9.97 Å². The van der Waals surface area contributed by atoms with Gasteiger partial charge in [-0.05, 0) is 61.5 Å². The van der Waals surface area contributed by atoms with Crippen molar-refractivity contribution in [3.8, 4) is 23.1 Å². The average molecular weight is 487 g/mol. The Morgan fingerprint density at radius 2 is 1.74 bits per heavy atom. The zero-order valence-electron chi connectivity index (χ0n) is 18.9. The second-order valence-corrected chi connectivity index (χ2v) is 9.16. The van der Waals surface area contributed by atoms with Crippen molar-refractivity contribution >= 4 is 21.8 Å². The third-order valence-corrected chi connectivity index (χ3v) is 6.28. The van der Waals surface area contributed by atoms with Crippen LogP contribution in [0.1, 0.15) is 11.1 Å². The molecule has 0 amide bonds. The van der Waals surface area contributed by atoms with Crippen LogP contribution < -0.4 is 10.1 Å². The van der Waals surface area contributed by atoms with Gasteiger partial charge in [0.15, 0.2) is 0 Å². The van der Waals surface area contributed by atoms with E-state index in [-0.39, 0.29) is 18.1 Å². The number of nitrogens with zero attached hydrogens (tertiary/aromatic N) is 3. The molecule has 0 aliphatic rings. The fourth-order valence-corrected chi connectivity index (χ4v) is 4.06. The summed E-state index contributed by atoms with van der Waals surface area (Å²) in [5, 5.41) is 12.2. The van der Waals surface area contributed by atoms with E-state index in [4.69, 9.17) is 14.2 Å². The number of hydrogen-bond donors (Lipinski definition) is 1. The van der Waals surface area contributed by atoms with Crippen LogP contribution in [0.2, 0.25) is 0 Å². The summed E-state index contributed by atoms with van der Waals surface area (Å²) in [5.41, 5.74) is 3.79. The predicted octanol–water partition coefficient (Wildman–Crippen LogP) is 4.85. The highest BCUT2D eigenvalue weighted by atomic mass is 32.2. The van der Waals surface area contributed by atoms with Gasteiger partial charge in [-0.2, -0.15) is 13.7 Å². The molecule has 0 aliphatic carbocycles. The van der Waals surface area contributed by atoms with Crippen molar-refractivity contribution in [2.24, 2.45) is 0 Å². The van der Waals surface area contributed by atoms with Crippen LogP contribution in [-0.2, 0) is 14.3 Å². The molecule has 0 radical (unpaired) electrons. The molecule has 1 aromatic heterocycles. The summed E-state index contributed by atoms with van der Waals surface area (Å²) < 4.78 is 35.0. The summed E-state index contributed by atoms with van der Waals surface area (Å²) in [5.74, 6) is 0.975. The Bertz CT molecular complexity index is 1450. The van der Waals surface area contributed by atoms with Crippen molar-refractivity contribution in [1.29, 1.82) is 5.26 Å². The zero-order valence-corrected chi connectivity index (χ0v) is 19.7. The smallest absolute Gasteiger partial charge is 0.297 e. The first-order valence-corrected chi connectivity index (χ1v) is 12.1. The fourth-order valence-electron chi connectivity index (χ4n) is 3.17. The van der Waals surface area contributed by atoms with E-state index in [0.29, 0.717) is 23.0 Å². The number of aromatic nitrogens is 2. The molecule has 176 valence electrons. The average Bonchev–Trinajstić information content (AvgIpc) is 2.88. The molecule has 0 aliphatic heterocycles. The lowest BCUT2D eigenvalue weighted by atomic mass is 10.1. The monoisotopic (exact) mass is 486 g/mol. The van der Waals surface area contributed by atoms with Gasteiger partial charge in [0.2, 0.25) is 5.95 Å². The first kappa shape index (κ1) is 23.9. The molecule has 1 heterocycles. The molecule has 1 N–H and O–H groups in total. The zero-order chi connectivity index (χ0) is 24.7. The Labute approximate surface area is 204 Å². The molecule has 0 atom stereocenters. The lowest BCUT2D eigenvalue weighted by Crippen LogP contribution is -2.13. The largest absolute Gasteiger partial charge is 0.491 e. The van der Waals surface area contributed by atoms with E-state index in [1.165, 1.54) is 12.1 Å². The molecule has 4 rings (SSSR count). The molecule has 8 nitrogen and oxygen atoms in total. The van der Waals surface area contributed by atoms with Crippen LogP contribution in [0.4, 0.5) is 11.6 Å². The van der Waals surface area contributed by atoms with Crippen LogP contribution in [0.3, 0.4) is 0 Å². The van der Waals surface area contributed by atoms with Gasteiger partial charge in [-0.3, -0.25) is 4.18 Å². The molecule has 4 aromatic rings. The van der Waals surface area contributed by atoms with E-state index in [1.54, 1.807) is 60.8 Å². The molecular formula is C26H22N4O4S. The summed E-state index contributed by atoms with van der Waals surface area (Å²) >= 11 is 0. The summed E-state index contributed by atoms with van der Waals surface area (Å²) in [7, 11) is -3.82. The molecule has 0 unspecified atom stereocenters. The number of aryl methyl sites for hydroxylation is 1. The van der Waals surface area contributed by atoms with Crippen LogP contribution in [0.15, 0.2) is 90.0 Å². The Balaban J connectivity index is 1.31. The maximum atomic E-state index is 12.2. The van der Waals surface area contributed by atoms with Gasteiger partial charge in [0.1, 0.15) is 19.0 Å². The highest BCUT2D eigenvalue weighted by Gasteiger charge is 2.14. The van der Waals surface area contributed by atoms with Crippen LogP contribution in [0.25, 0.3) is 11.3 Å². The number of ether oxygens (including phenoxy) is 1. The first-order valence-electron chi connectivity index (χ1n) is 10.7. The first-order chi connectivity index (χ1) is 16.9. The molecule has 9 heteroatoms. The fraction of sp³-hybridized carbons (Fsp3) is 0.115. The third-order valence-electron chi connectivity index (χ3n) is 4.95. The number of benzene rings is 3. The van der Waals surface area contributed by atoms with Gasteiger partial charge in [0.25, 0.3) is 10.1 Å². The number of hydrogen-bond acceptors (Lipinski definition) is 8. The van der Waals surface area contributed by atoms with E-state index in [2.05, 4.69) is 21.4 Å². The van der Waals surface area contributed by atoms with Crippen molar-refractivity contribution in [2.75, 3.05) is 18.5 Å². The van der Waals surface area contributed by atoms with Crippen molar-refractivity contribution in [3.05, 3.63) is 96.2 Å². The van der Waals surface area contributed by atoms with Crippen LogP contribution >= 0.6 is 0 Å². The van der Waals surface area contributed by atoms with Crippen molar-refractivity contribution < 1.29 is 17.3 Å². The SMILES string of the molecule is Cc1ccc(S(=O)(=O)OCCOc2ccc(Nc3nccc(-c4cccc(C#N)c4)n3)cc2)cc1. The standard InChI is InChI=1S/C26H22N4O4S/c1-19-5-11-24(12-6-19)35(31,32)34-16-15-33-23-9-7-22(8-10-23)29-26-28-14-13-25(30-26)21-4-2-3-20(17-21)18-27/h2-14,17H,15-16H2,1H3,(H,28,29,30). The second kappa shape index (κ2) is 10.8. The van der Waals surface area contributed by atoms with Gasteiger partial charge >= 0.3 is 0 Å². The molecule has 0 bridgehead atoms. The minimum Gasteiger partial charge on any atom is -0.491 e. The second-order valence-electron chi connectivity index (χ2n) is 7.55. The summed E-state index contributed by atoms with van der Waals surface area (Å²) in [6.07, 6.45) is 1.64. The van der Waals surface area contributed by atoms with Gasteiger partial charge < -0.3 is 10.1 Å². The van der Waals surface area contributed by atoms with Gasteiger partial charge in [-0.1, -0.05) is 29.8 Å². The quantitative estimate of drug-likeness (QED) is 0.264. The van der Waals surface area contributed by atoms with E-state index in [9.17, 15) is 8.42 Å². The molecular weight excluding hydrogens is 464 g/mol. The summed E-state index contributed by atoms with van der Waals surface area (Å²) in [6, 6.07) is 24.7. The van der Waals surface area contributed by atoms with E-state index in [1.807, 2.05) is 19.1 Å². The third kappa shape index (κ3) is 6.41. The highest BCUT2D eigenvalue weighted by molar-refractivity contribution is 7.86. The maximum absolute atomic E-state index is 12.2. The van der Waals surface area contributed by atoms with Gasteiger partial charge in [-0.15, -0.1) is 0 Å². The molecule has 0 spiro atoms. The Morgan fingerprint density at radius 3 is 2.49 bits per heavy atom. The Hall–Kier alpha value is -4.26. The topological polar surface area (TPSA) is 114 Å². The highest BCUT2D eigenvalue weighted by Crippen LogP contribution is 2.22. The number of rotatable bonds is 9. The van der Waals surface area contributed by atoms with Gasteiger partial charge in [0, 0.05) is 17.4 Å². The number of nitriles is 1. The lowest BCUT2D eigenvalue weighted by molar-refractivity contribution is 0.221. The van der Waals surface area contributed by atoms with E-state index >= 15 is 0 Å². The van der Waals surface area contributed by atoms with Crippen LogP contribution in [0, 0.1) is 18.3 Å². The minimum atomic E-state index is -3.82. The summed E-state index contributed by atoms with van der Waals surface area (Å²) in [6.45, 7) is 1.85. The molecule has 3 aromatic carbocycles. The molecule has 0 fully saturated rings. The van der Waals surface area contributed by atoms with Crippen LogP contribution in [0.5, 0.6) is 5.75 Å². The number of anilines is 2. The van der Waals surface area contributed by atoms with E-state index < -0.39 is 10.1 Å². The molecule has 0 saturated heterocycles. The Kier molecular flexibility index (Phi) is 7.35. The van der Waals surface area contributed by atoms with E-state index in [0.717, 1.165) is 16.8 Å².